The zero-order valence-corrected chi connectivity index (χ0v) is 39.1. The van der Waals surface area contributed by atoms with Crippen molar-refractivity contribution >= 4 is 69.2 Å². The van der Waals surface area contributed by atoms with Crippen LogP contribution >= 0.6 is 0 Å². The molecule has 19 heteroatoms. The minimum absolute atomic E-state index is 0.157. The van der Waals surface area contributed by atoms with Crippen molar-refractivity contribution in [1.29, 1.82) is 0 Å². The molecule has 3 atom stereocenters. The molecule has 6 aliphatic heterocycles. The summed E-state index contributed by atoms with van der Waals surface area (Å²) in [4.78, 5) is 94.3. The van der Waals surface area contributed by atoms with Crippen LogP contribution in [0.25, 0.3) is 10.9 Å². The van der Waals surface area contributed by atoms with Crippen molar-refractivity contribution in [3.8, 4) is 17.2 Å². The second-order valence-electron chi connectivity index (χ2n) is 19.5. The highest BCUT2D eigenvalue weighted by atomic mass is 19.1. The lowest BCUT2D eigenvalue weighted by atomic mass is 9.86. The summed E-state index contributed by atoms with van der Waals surface area (Å²) in [5, 5.41) is 11.6. The molecule has 366 valence electrons. The van der Waals surface area contributed by atoms with E-state index in [1.165, 1.54) is 35.4 Å². The number of benzene rings is 3. The van der Waals surface area contributed by atoms with Gasteiger partial charge in [0.1, 0.15) is 40.3 Å². The second-order valence-corrected chi connectivity index (χ2v) is 19.5. The number of hydrogen-bond donors (Lipinski definition) is 4. The van der Waals surface area contributed by atoms with E-state index in [1.807, 2.05) is 6.07 Å². The van der Waals surface area contributed by atoms with Gasteiger partial charge in [-0.3, -0.25) is 48.9 Å². The Morgan fingerprint density at radius 1 is 0.845 bits per heavy atom. The van der Waals surface area contributed by atoms with Crippen LogP contribution in [-0.2, 0) is 30.5 Å². The first-order valence-corrected chi connectivity index (χ1v) is 24.2. The summed E-state index contributed by atoms with van der Waals surface area (Å²) < 4.78 is 25.6. The summed E-state index contributed by atoms with van der Waals surface area (Å²) in [6, 6.07) is 19.8. The highest BCUT2D eigenvalue weighted by molar-refractivity contribution is 6.17. The van der Waals surface area contributed by atoms with Gasteiger partial charge in [0.05, 0.1) is 30.4 Å². The van der Waals surface area contributed by atoms with Gasteiger partial charge in [-0.2, -0.15) is 0 Å². The van der Waals surface area contributed by atoms with Crippen molar-refractivity contribution in [1.82, 2.24) is 30.0 Å². The van der Waals surface area contributed by atoms with Gasteiger partial charge in [0.15, 0.2) is 0 Å². The molecular formula is C52H53FN10O8. The zero-order valence-electron chi connectivity index (χ0n) is 39.1. The summed E-state index contributed by atoms with van der Waals surface area (Å²) in [6.45, 7) is 5.06. The van der Waals surface area contributed by atoms with Gasteiger partial charge in [-0.05, 0) is 123 Å². The number of carbonyl (C=O) groups is 6. The molecule has 0 radical (unpaired) electrons. The predicted octanol–water partition coefficient (Wildman–Crippen LogP) is 5.30. The topological polar surface area (TPSA) is 208 Å². The lowest BCUT2D eigenvalue weighted by Crippen LogP contribution is -2.70. The molecule has 0 spiro atoms. The van der Waals surface area contributed by atoms with Crippen LogP contribution in [0.5, 0.6) is 17.2 Å². The quantitative estimate of drug-likeness (QED) is 0.0825. The molecule has 3 unspecified atom stereocenters. The number of hydrogen-bond acceptors (Lipinski definition) is 13. The summed E-state index contributed by atoms with van der Waals surface area (Å²) in [6.07, 6.45) is 7.59. The molecule has 2 aromatic heterocycles. The van der Waals surface area contributed by atoms with E-state index in [-0.39, 0.29) is 43.7 Å². The van der Waals surface area contributed by atoms with Crippen LogP contribution in [0.4, 0.5) is 27.3 Å². The van der Waals surface area contributed by atoms with Crippen LogP contribution in [0, 0.1) is 17.2 Å². The van der Waals surface area contributed by atoms with E-state index in [2.05, 4.69) is 52.0 Å². The van der Waals surface area contributed by atoms with Gasteiger partial charge >= 0.3 is 0 Å². The molecule has 6 amide bonds. The highest BCUT2D eigenvalue weighted by Gasteiger charge is 2.56. The van der Waals surface area contributed by atoms with Gasteiger partial charge in [0, 0.05) is 86.9 Å². The number of imide groups is 1. The molecule has 71 heavy (non-hydrogen) atoms. The summed E-state index contributed by atoms with van der Waals surface area (Å²) in [5.74, 6) is 0.272. The fraction of sp³-hybridized carbons (Fsp3) is 0.385. The maximum absolute atomic E-state index is 13.3. The lowest BCUT2D eigenvalue weighted by Gasteiger charge is -2.56. The number of anilines is 4. The fourth-order valence-electron chi connectivity index (χ4n) is 10.9. The van der Waals surface area contributed by atoms with Crippen molar-refractivity contribution in [3.63, 3.8) is 0 Å². The molecule has 6 fully saturated rings. The van der Waals surface area contributed by atoms with Gasteiger partial charge in [0.25, 0.3) is 5.91 Å². The number of aromatic nitrogens is 2. The number of amides is 6. The molecule has 4 N–H and O–H groups in total. The number of methoxy groups -OCH3 is 1. The zero-order chi connectivity index (χ0) is 49.0. The van der Waals surface area contributed by atoms with Crippen molar-refractivity contribution in [2.75, 3.05) is 67.2 Å². The van der Waals surface area contributed by atoms with Gasteiger partial charge in [-0.1, -0.05) is 0 Å². The third kappa shape index (κ3) is 9.22. The van der Waals surface area contributed by atoms with Gasteiger partial charge < -0.3 is 35.2 Å². The summed E-state index contributed by atoms with van der Waals surface area (Å²) in [5.41, 5.74) is 2.60. The van der Waals surface area contributed by atoms with Crippen LogP contribution in [0.3, 0.4) is 0 Å². The number of piperidine rings is 3. The lowest BCUT2D eigenvalue weighted by molar-refractivity contribution is -0.137. The van der Waals surface area contributed by atoms with E-state index in [9.17, 15) is 33.2 Å². The standard InChI is InChI=1S/C52H53FN10O8/c1-70-44-22-38-40(54-17-12-43(38)71-37-8-6-34(7-9-37)57-51(69)52(15-16-52)50(68)56-33-4-2-32(53)3-5-33)23-42(44)61-18-13-30(14-19-61)25-60-27-35-21-36(28-60)62(35)29-47(65)58-45-20-31-26-63(49(67)39(31)24-55-45)41-10-11-46(64)59-48(41)66/h2-9,12,17,20,22-24,30,35-36,41H,10-11,13-16,18-19,21,25-29H2,1H3,(H,56,68)(H,57,69)(H,55,58,65)(H,59,64,66). The molecule has 18 nitrogen and oxygen atoms in total. The fourth-order valence-corrected chi connectivity index (χ4v) is 10.9. The van der Waals surface area contributed by atoms with E-state index >= 15 is 0 Å². The Bertz CT molecular complexity index is 2950. The van der Waals surface area contributed by atoms with E-state index in [0.717, 1.165) is 74.3 Å². The molecule has 5 aromatic rings. The number of rotatable bonds is 14. The van der Waals surface area contributed by atoms with E-state index in [4.69, 9.17) is 9.47 Å². The maximum atomic E-state index is 13.3. The largest absolute Gasteiger partial charge is 0.495 e. The van der Waals surface area contributed by atoms with Crippen molar-refractivity contribution in [2.24, 2.45) is 11.3 Å². The van der Waals surface area contributed by atoms with E-state index < -0.39 is 35.0 Å². The third-order valence-electron chi connectivity index (χ3n) is 15.0. The average molecular weight is 965 g/mol. The van der Waals surface area contributed by atoms with Crippen LogP contribution in [0.2, 0.25) is 0 Å². The minimum Gasteiger partial charge on any atom is -0.495 e. The minimum atomic E-state index is -1.18. The predicted molar refractivity (Wildman–Crippen MR) is 259 cm³/mol. The van der Waals surface area contributed by atoms with Gasteiger partial charge in [-0.15, -0.1) is 0 Å². The Labute approximate surface area is 408 Å². The number of carbonyl (C=O) groups excluding carboxylic acids is 6. The molecule has 1 saturated carbocycles. The summed E-state index contributed by atoms with van der Waals surface area (Å²) >= 11 is 0. The Hall–Kier alpha value is -7.51. The number of nitrogens with zero attached hydrogens (tertiary/aromatic N) is 6. The van der Waals surface area contributed by atoms with Crippen molar-refractivity contribution < 1.29 is 42.6 Å². The van der Waals surface area contributed by atoms with E-state index in [1.54, 1.807) is 49.7 Å². The number of fused-ring (bicyclic) bond motifs is 4. The third-order valence-corrected chi connectivity index (χ3v) is 15.0. The molecular weight excluding hydrogens is 912 g/mol. The van der Waals surface area contributed by atoms with Crippen molar-refractivity contribution in [3.05, 3.63) is 102 Å². The normalized spacial score (nSPS) is 21.8. The number of piperazine rings is 1. The molecule has 3 aromatic carbocycles. The van der Waals surface area contributed by atoms with Gasteiger partial charge in [-0.25, -0.2) is 9.37 Å². The molecule has 5 saturated heterocycles. The number of halogens is 1. The monoisotopic (exact) mass is 964 g/mol. The van der Waals surface area contributed by atoms with Gasteiger partial charge in [0.2, 0.25) is 29.5 Å². The van der Waals surface area contributed by atoms with Crippen LogP contribution < -0.4 is 35.6 Å². The van der Waals surface area contributed by atoms with Crippen molar-refractivity contribution in [2.45, 2.75) is 69.6 Å². The summed E-state index contributed by atoms with van der Waals surface area (Å²) in [7, 11) is 1.67. The maximum Gasteiger partial charge on any atom is 0.256 e. The highest BCUT2D eigenvalue weighted by Crippen LogP contribution is 2.48. The molecule has 7 aliphatic rings. The molecule has 12 rings (SSSR count). The number of ether oxygens (including phenoxy) is 2. The first-order chi connectivity index (χ1) is 34.4. The molecule has 8 heterocycles. The average Bonchev–Trinajstić information content (AvgIpc) is 4.13. The SMILES string of the molecule is COc1cc2c(Oc3ccc(NC(=O)C4(C(=O)Nc5ccc(F)cc5)CC4)cc3)ccnc2cc1N1CCC(CN2CC3CC(C2)N3CC(=O)Nc2cc3c(cn2)C(=O)N(C2CCC(=O)NC2=O)C3)CC1. The first kappa shape index (κ1) is 45.9. The molecule has 1 aliphatic carbocycles. The van der Waals surface area contributed by atoms with Crippen LogP contribution in [0.1, 0.15) is 60.9 Å². The number of nitrogens with one attached hydrogen (secondary N) is 4. The smallest absolute Gasteiger partial charge is 0.256 e. The Morgan fingerprint density at radius 2 is 1.55 bits per heavy atom. The first-order valence-electron chi connectivity index (χ1n) is 24.2. The second kappa shape index (κ2) is 18.7. The Morgan fingerprint density at radius 3 is 2.23 bits per heavy atom. The Balaban J connectivity index is 0.645. The van der Waals surface area contributed by atoms with Crippen LogP contribution in [-0.4, -0.2) is 125 Å². The van der Waals surface area contributed by atoms with E-state index in [0.29, 0.717) is 70.7 Å². The number of pyridine rings is 2. The van der Waals surface area contributed by atoms with Crippen LogP contribution in [0.15, 0.2) is 85.2 Å². The molecule has 2 bridgehead atoms. The Kier molecular flexibility index (Phi) is 12.1.